The van der Waals surface area contributed by atoms with Gasteiger partial charge in [-0.25, -0.2) is 11.6 Å². The van der Waals surface area contributed by atoms with Gasteiger partial charge in [0, 0.05) is 0 Å². The Morgan fingerprint density at radius 2 is 1.67 bits per heavy atom. The minimum absolute atomic E-state index is 0. The van der Waals surface area contributed by atoms with Crippen molar-refractivity contribution in [3.05, 3.63) is 47.1 Å². The first-order valence-corrected chi connectivity index (χ1v) is 9.31. The largest absolute Gasteiger partial charge is 3.00 e. The van der Waals surface area contributed by atoms with Crippen molar-refractivity contribution in [2.45, 2.75) is 86.4 Å². The average molecular weight is 446 g/mol. The van der Waals surface area contributed by atoms with Gasteiger partial charge in [-0.3, -0.25) is 6.08 Å². The van der Waals surface area contributed by atoms with Crippen LogP contribution in [0.15, 0.2) is 41.0 Å². The molecule has 151 valence electrons. The normalized spacial score (nSPS) is 22.2. The summed E-state index contributed by atoms with van der Waals surface area (Å²) < 4.78 is 6.63. The summed E-state index contributed by atoms with van der Waals surface area (Å²) >= 11 is 0. The fourth-order valence-electron chi connectivity index (χ4n) is 3.80. The molecule has 0 bridgehead atoms. The van der Waals surface area contributed by atoms with Crippen LogP contribution >= 0.6 is 0 Å². The maximum Gasteiger partial charge on any atom is 3.00 e. The van der Waals surface area contributed by atoms with Crippen LogP contribution in [0.25, 0.3) is 0 Å². The predicted octanol–water partition coefficient (Wildman–Crippen LogP) is 0.584. The van der Waals surface area contributed by atoms with Crippen LogP contribution in [0, 0.1) is 16.9 Å². The van der Waals surface area contributed by atoms with Gasteiger partial charge in [-0.05, 0) is 48.7 Å². The number of ether oxygens (including phenoxy) is 1. The molecule has 0 fully saturated rings. The molecular formula is C23H35Cl2OTi. The molecule has 0 aromatic rings. The minimum atomic E-state index is -0.252. The second-order valence-electron chi connectivity index (χ2n) is 9.57. The maximum absolute atomic E-state index is 6.63. The standard InChI is InChI=1S/C23H35O.2ClH.Ti/c1-17(2)24-23(16-18-11-9-10-12-18)14-13-19(21(3,4)5)15-20(23)22(6,7)8;;;/h9,11,13,15,17H,10,14,16H2,1-8H3;2*1H;/q-1;;;+3/p-2. The third kappa shape index (κ3) is 7.52. The molecule has 0 heterocycles. The number of hydrogen-bond donors (Lipinski definition) is 0. The molecule has 2 aliphatic carbocycles. The van der Waals surface area contributed by atoms with E-state index in [1.807, 2.05) is 0 Å². The zero-order valence-electron chi connectivity index (χ0n) is 18.2. The van der Waals surface area contributed by atoms with Gasteiger partial charge in [-0.2, -0.15) is 6.08 Å². The van der Waals surface area contributed by atoms with Crippen LogP contribution in [0.1, 0.15) is 74.7 Å². The molecule has 0 aliphatic heterocycles. The average Bonchev–Trinajstić information content (AvgIpc) is 2.88. The topological polar surface area (TPSA) is 9.23 Å². The third-order valence-electron chi connectivity index (χ3n) is 4.82. The molecule has 27 heavy (non-hydrogen) atoms. The Kier molecular flexibility index (Phi) is 11.8. The first-order valence-electron chi connectivity index (χ1n) is 9.31. The third-order valence-corrected chi connectivity index (χ3v) is 4.82. The van der Waals surface area contributed by atoms with E-state index in [-0.39, 0.29) is 69.1 Å². The molecule has 1 unspecified atom stereocenters. The Morgan fingerprint density at radius 3 is 2.07 bits per heavy atom. The van der Waals surface area contributed by atoms with Crippen molar-refractivity contribution < 1.29 is 51.3 Å². The molecule has 0 aromatic heterocycles. The second-order valence-corrected chi connectivity index (χ2v) is 9.57. The summed E-state index contributed by atoms with van der Waals surface area (Å²) in [4.78, 5) is 0. The van der Waals surface area contributed by atoms with Gasteiger partial charge in [0.2, 0.25) is 0 Å². The first-order chi connectivity index (χ1) is 10.9. The monoisotopic (exact) mass is 445 g/mol. The zero-order chi connectivity index (χ0) is 18.2. The number of allylic oxidation sites excluding steroid dienone is 5. The molecule has 2 aliphatic rings. The fraction of sp³-hybridized carbons (Fsp3) is 0.652. The Labute approximate surface area is 194 Å². The first kappa shape index (κ1) is 29.4. The molecule has 0 N–H and O–H groups in total. The van der Waals surface area contributed by atoms with Crippen molar-refractivity contribution in [1.82, 2.24) is 0 Å². The summed E-state index contributed by atoms with van der Waals surface area (Å²) in [6.45, 7) is 18.1. The van der Waals surface area contributed by atoms with E-state index in [9.17, 15) is 0 Å². The summed E-state index contributed by atoms with van der Waals surface area (Å²) in [6.07, 6.45) is 15.7. The number of hydrogen-bond acceptors (Lipinski definition) is 1. The predicted molar refractivity (Wildman–Crippen MR) is 104 cm³/mol. The van der Waals surface area contributed by atoms with Crippen molar-refractivity contribution >= 4 is 0 Å². The van der Waals surface area contributed by atoms with Gasteiger partial charge in [0.25, 0.3) is 0 Å². The van der Waals surface area contributed by atoms with Gasteiger partial charge >= 0.3 is 21.7 Å². The summed E-state index contributed by atoms with van der Waals surface area (Å²) in [5.74, 6) is 0. The van der Waals surface area contributed by atoms with E-state index >= 15 is 0 Å². The second kappa shape index (κ2) is 10.8. The van der Waals surface area contributed by atoms with Crippen LogP contribution in [0.3, 0.4) is 0 Å². The van der Waals surface area contributed by atoms with E-state index < -0.39 is 0 Å². The molecular weight excluding hydrogens is 411 g/mol. The Hall–Kier alpha value is 0.214. The van der Waals surface area contributed by atoms with Crippen molar-refractivity contribution in [2.75, 3.05) is 0 Å². The van der Waals surface area contributed by atoms with E-state index in [1.54, 1.807) is 0 Å². The minimum Gasteiger partial charge on any atom is -1.00 e. The Bertz CT molecular complexity index is 601. The van der Waals surface area contributed by atoms with E-state index in [1.165, 1.54) is 16.7 Å². The molecule has 1 atom stereocenters. The molecule has 4 heteroatoms. The van der Waals surface area contributed by atoms with E-state index in [0.29, 0.717) is 0 Å². The quantitative estimate of drug-likeness (QED) is 0.454. The Morgan fingerprint density at radius 1 is 1.07 bits per heavy atom. The van der Waals surface area contributed by atoms with E-state index in [0.717, 1.165) is 19.3 Å². The van der Waals surface area contributed by atoms with Gasteiger partial charge in [-0.15, -0.1) is 6.42 Å². The van der Waals surface area contributed by atoms with Crippen LogP contribution in [-0.4, -0.2) is 11.7 Å². The van der Waals surface area contributed by atoms with Gasteiger partial charge < -0.3 is 29.6 Å². The van der Waals surface area contributed by atoms with Crippen LogP contribution in [0.5, 0.6) is 0 Å². The van der Waals surface area contributed by atoms with Crippen LogP contribution in [0.4, 0.5) is 0 Å². The van der Waals surface area contributed by atoms with Crippen molar-refractivity contribution in [2.24, 2.45) is 10.8 Å². The smallest absolute Gasteiger partial charge is 1.00 e. The van der Waals surface area contributed by atoms with Crippen molar-refractivity contribution in [3.63, 3.8) is 0 Å². The van der Waals surface area contributed by atoms with Gasteiger partial charge in [0.05, 0.1) is 11.7 Å². The number of halogens is 2. The fourth-order valence-corrected chi connectivity index (χ4v) is 3.80. The molecule has 0 saturated carbocycles. The zero-order valence-corrected chi connectivity index (χ0v) is 21.2. The summed E-state index contributed by atoms with van der Waals surface area (Å²) in [7, 11) is 0. The maximum atomic E-state index is 6.63. The summed E-state index contributed by atoms with van der Waals surface area (Å²) in [6, 6.07) is 0. The molecule has 0 spiro atoms. The number of rotatable bonds is 4. The van der Waals surface area contributed by atoms with Crippen molar-refractivity contribution in [3.8, 4) is 0 Å². The SMILES string of the molecule is CC(C)OC1(CC2=[C-]CC=C2)CC=C(C(C)(C)C)C=C1C(C)(C)C.[Cl-].[Cl-].[Ti+3]. The molecule has 0 saturated heterocycles. The van der Waals surface area contributed by atoms with E-state index in [4.69, 9.17) is 4.74 Å². The van der Waals surface area contributed by atoms with Gasteiger partial charge in [0.15, 0.2) is 0 Å². The molecule has 0 amide bonds. The van der Waals surface area contributed by atoms with Gasteiger partial charge in [-0.1, -0.05) is 53.7 Å². The van der Waals surface area contributed by atoms with Crippen LogP contribution < -0.4 is 24.8 Å². The molecule has 1 radical (unpaired) electrons. The van der Waals surface area contributed by atoms with E-state index in [2.05, 4.69) is 85.8 Å². The molecule has 1 nitrogen and oxygen atoms in total. The van der Waals surface area contributed by atoms with Crippen LogP contribution in [0.2, 0.25) is 0 Å². The Balaban J connectivity index is 0. The molecule has 0 aromatic carbocycles. The summed E-state index contributed by atoms with van der Waals surface area (Å²) in [5.41, 5.74) is 4.12. The van der Waals surface area contributed by atoms with Gasteiger partial charge in [0.1, 0.15) is 0 Å². The van der Waals surface area contributed by atoms with Crippen molar-refractivity contribution in [1.29, 1.82) is 0 Å². The summed E-state index contributed by atoms with van der Waals surface area (Å²) in [5, 5.41) is 0. The van der Waals surface area contributed by atoms with Crippen LogP contribution in [-0.2, 0) is 26.5 Å². The molecule has 2 rings (SSSR count).